The molecule has 1 amide bonds. The second kappa shape index (κ2) is 7.38. The number of carboxylic acids is 1. The maximum Gasteiger partial charge on any atom is 0.328 e. The fourth-order valence-electron chi connectivity index (χ4n) is 2.44. The molecule has 0 spiro atoms. The van der Waals surface area contributed by atoms with Gasteiger partial charge in [0.2, 0.25) is 5.91 Å². The van der Waals surface area contributed by atoms with Crippen LogP contribution in [0.2, 0.25) is 0 Å². The smallest absolute Gasteiger partial charge is 0.328 e. The van der Waals surface area contributed by atoms with Crippen LogP contribution in [0.25, 0.3) is 6.08 Å². The van der Waals surface area contributed by atoms with Crippen LogP contribution in [0.5, 0.6) is 0 Å². The van der Waals surface area contributed by atoms with E-state index in [9.17, 15) is 9.59 Å². The van der Waals surface area contributed by atoms with Crippen LogP contribution in [-0.4, -0.2) is 53.0 Å². The zero-order chi connectivity index (χ0) is 15.2. The van der Waals surface area contributed by atoms with Gasteiger partial charge in [-0.1, -0.05) is 0 Å². The van der Waals surface area contributed by atoms with E-state index >= 15 is 0 Å². The summed E-state index contributed by atoms with van der Waals surface area (Å²) in [5.74, 6) is -0.794. The van der Waals surface area contributed by atoms with Crippen molar-refractivity contribution in [3.63, 3.8) is 0 Å². The van der Waals surface area contributed by atoms with Crippen molar-refractivity contribution in [1.29, 1.82) is 0 Å². The minimum absolute atomic E-state index is 0.137. The van der Waals surface area contributed by atoms with Gasteiger partial charge in [-0.2, -0.15) is 0 Å². The summed E-state index contributed by atoms with van der Waals surface area (Å²) in [5, 5.41) is 10.7. The topological polar surface area (TPSA) is 60.9 Å². The molecule has 2 rings (SSSR count). The van der Waals surface area contributed by atoms with Crippen LogP contribution in [-0.2, 0) is 16.1 Å². The van der Waals surface area contributed by atoms with Crippen LogP contribution < -0.4 is 0 Å². The Bertz CT molecular complexity index is 539. The summed E-state index contributed by atoms with van der Waals surface area (Å²) < 4.78 is 0. The first-order chi connectivity index (χ1) is 10.1. The van der Waals surface area contributed by atoms with E-state index in [1.165, 1.54) is 11.0 Å². The summed E-state index contributed by atoms with van der Waals surface area (Å²) >= 11 is 1.64. The predicted octanol–water partition coefficient (Wildman–Crippen LogP) is 1.90. The third kappa shape index (κ3) is 4.68. The van der Waals surface area contributed by atoms with E-state index in [1.807, 2.05) is 16.3 Å². The Morgan fingerprint density at radius 3 is 2.86 bits per heavy atom. The molecule has 0 saturated carbocycles. The molecule has 21 heavy (non-hydrogen) atoms. The van der Waals surface area contributed by atoms with E-state index in [2.05, 4.69) is 4.90 Å². The van der Waals surface area contributed by atoms with Crippen molar-refractivity contribution < 1.29 is 14.7 Å². The fourth-order valence-corrected chi connectivity index (χ4v) is 3.34. The molecule has 1 saturated heterocycles. The van der Waals surface area contributed by atoms with Crippen LogP contribution in [0.15, 0.2) is 17.5 Å². The van der Waals surface area contributed by atoms with Crippen LogP contribution in [0, 0.1) is 0 Å². The van der Waals surface area contributed by atoms with Crippen molar-refractivity contribution in [3.8, 4) is 0 Å². The minimum Gasteiger partial charge on any atom is -0.478 e. The highest BCUT2D eigenvalue weighted by atomic mass is 32.1. The van der Waals surface area contributed by atoms with Gasteiger partial charge in [-0.15, -0.1) is 11.3 Å². The molecular weight excluding hydrogens is 288 g/mol. The average Bonchev–Trinajstić information content (AvgIpc) is 2.72. The van der Waals surface area contributed by atoms with Crippen molar-refractivity contribution in [2.45, 2.75) is 19.9 Å². The molecule has 1 aromatic rings. The summed E-state index contributed by atoms with van der Waals surface area (Å²) in [7, 11) is 0. The molecule has 1 fully saturated rings. The number of aliphatic carboxylic acids is 1. The molecule has 0 aromatic carbocycles. The lowest BCUT2D eigenvalue weighted by atomic mass is 10.2. The molecule has 6 heteroatoms. The third-order valence-corrected chi connectivity index (χ3v) is 4.51. The number of nitrogens with zero attached hydrogens (tertiary/aromatic N) is 2. The van der Waals surface area contributed by atoms with E-state index in [1.54, 1.807) is 24.3 Å². The number of hydrogen-bond donors (Lipinski definition) is 1. The molecule has 2 heterocycles. The zero-order valence-corrected chi connectivity index (χ0v) is 12.9. The molecule has 0 atom stereocenters. The highest BCUT2D eigenvalue weighted by Crippen LogP contribution is 2.21. The van der Waals surface area contributed by atoms with Gasteiger partial charge in [0.25, 0.3) is 0 Å². The quantitative estimate of drug-likeness (QED) is 0.863. The Labute approximate surface area is 128 Å². The normalized spacial score (nSPS) is 17.1. The van der Waals surface area contributed by atoms with Crippen LogP contribution >= 0.6 is 11.3 Å². The molecule has 114 valence electrons. The van der Waals surface area contributed by atoms with Crippen molar-refractivity contribution >= 4 is 29.3 Å². The molecular formula is C15H20N2O3S. The monoisotopic (exact) mass is 308 g/mol. The van der Waals surface area contributed by atoms with Crippen molar-refractivity contribution in [2.75, 3.05) is 26.2 Å². The number of carbonyl (C=O) groups excluding carboxylic acids is 1. The van der Waals surface area contributed by atoms with E-state index in [0.717, 1.165) is 44.7 Å². The van der Waals surface area contributed by atoms with Crippen LogP contribution in [0.4, 0.5) is 0 Å². The van der Waals surface area contributed by atoms with Gasteiger partial charge in [0.1, 0.15) is 0 Å². The number of amides is 1. The van der Waals surface area contributed by atoms with Crippen molar-refractivity contribution in [3.05, 3.63) is 28.0 Å². The molecule has 1 N–H and O–H groups in total. The van der Waals surface area contributed by atoms with Crippen molar-refractivity contribution in [2.24, 2.45) is 0 Å². The number of carbonyl (C=O) groups is 2. The number of rotatable bonds is 4. The van der Waals surface area contributed by atoms with E-state index in [-0.39, 0.29) is 5.91 Å². The minimum atomic E-state index is -0.931. The Balaban J connectivity index is 1.97. The first kappa shape index (κ1) is 15.7. The van der Waals surface area contributed by atoms with E-state index in [0.29, 0.717) is 0 Å². The van der Waals surface area contributed by atoms with Gasteiger partial charge in [0, 0.05) is 50.6 Å². The first-order valence-corrected chi connectivity index (χ1v) is 7.89. The second-order valence-electron chi connectivity index (χ2n) is 5.11. The number of thiophene rings is 1. The van der Waals surface area contributed by atoms with E-state index in [4.69, 9.17) is 5.11 Å². The lowest BCUT2D eigenvalue weighted by Crippen LogP contribution is -2.33. The predicted molar refractivity (Wildman–Crippen MR) is 83.1 cm³/mol. The molecule has 5 nitrogen and oxygen atoms in total. The highest BCUT2D eigenvalue weighted by Gasteiger charge is 2.17. The number of carboxylic acid groups (broad SMARTS) is 1. The Hall–Kier alpha value is -1.66. The van der Waals surface area contributed by atoms with Gasteiger partial charge in [-0.3, -0.25) is 9.69 Å². The summed E-state index contributed by atoms with van der Waals surface area (Å²) in [6, 6.07) is 1.94. The summed E-state index contributed by atoms with van der Waals surface area (Å²) in [6.45, 7) is 5.83. The average molecular weight is 308 g/mol. The summed E-state index contributed by atoms with van der Waals surface area (Å²) in [5.41, 5.74) is 0.968. The molecule has 1 aliphatic heterocycles. The van der Waals surface area contributed by atoms with Gasteiger partial charge in [-0.25, -0.2) is 4.79 Å². The molecule has 0 radical (unpaired) electrons. The Kier molecular flexibility index (Phi) is 5.52. The van der Waals surface area contributed by atoms with Gasteiger partial charge < -0.3 is 10.0 Å². The largest absolute Gasteiger partial charge is 0.478 e. The van der Waals surface area contributed by atoms with Crippen molar-refractivity contribution in [1.82, 2.24) is 9.80 Å². The van der Waals surface area contributed by atoms with Gasteiger partial charge in [0.15, 0.2) is 0 Å². The molecule has 0 unspecified atom stereocenters. The lowest BCUT2D eigenvalue weighted by molar-refractivity contribution is -0.131. The van der Waals surface area contributed by atoms with Crippen LogP contribution in [0.1, 0.15) is 23.8 Å². The molecule has 1 aromatic heterocycles. The summed E-state index contributed by atoms with van der Waals surface area (Å²) in [4.78, 5) is 27.4. The molecule has 0 aliphatic carbocycles. The van der Waals surface area contributed by atoms with E-state index < -0.39 is 5.97 Å². The summed E-state index contributed by atoms with van der Waals surface area (Å²) in [6.07, 6.45) is 3.80. The fraction of sp³-hybridized carbons (Fsp3) is 0.467. The molecule has 0 bridgehead atoms. The maximum atomic E-state index is 11.4. The van der Waals surface area contributed by atoms with Gasteiger partial charge in [0.05, 0.1) is 0 Å². The lowest BCUT2D eigenvalue weighted by Gasteiger charge is -2.20. The third-order valence-electron chi connectivity index (χ3n) is 3.59. The number of hydrogen-bond acceptors (Lipinski definition) is 4. The Morgan fingerprint density at radius 2 is 2.14 bits per heavy atom. The Morgan fingerprint density at radius 1 is 1.33 bits per heavy atom. The zero-order valence-electron chi connectivity index (χ0n) is 12.1. The van der Waals surface area contributed by atoms with Gasteiger partial charge in [-0.05, 0) is 29.5 Å². The standard InChI is InChI=1S/C15H20N2O3S/c1-12(18)17-7-2-6-16(8-9-17)11-14-13(5-10-21-14)3-4-15(19)20/h3-5,10H,2,6-9,11H2,1H3,(H,19,20). The van der Waals surface area contributed by atoms with Crippen LogP contribution in [0.3, 0.4) is 0 Å². The first-order valence-electron chi connectivity index (χ1n) is 7.01. The maximum absolute atomic E-state index is 11.4. The molecule has 1 aliphatic rings. The highest BCUT2D eigenvalue weighted by molar-refractivity contribution is 7.10. The second-order valence-corrected chi connectivity index (χ2v) is 6.11. The SMILES string of the molecule is CC(=O)N1CCCN(Cc2sccc2C=CC(=O)O)CC1. The van der Waals surface area contributed by atoms with Gasteiger partial charge >= 0.3 is 5.97 Å².